The van der Waals surface area contributed by atoms with Crippen LogP contribution in [0.25, 0.3) is 0 Å². The second-order valence-electron chi connectivity index (χ2n) is 4.82. The SMILES string of the molecule is CCCS(=O)(=O)N1CCC(NC(=O)OCC(F)(F)F)CC1. The number of ether oxygens (including phenoxy) is 1. The maximum Gasteiger partial charge on any atom is 0.422 e. The third-order valence-corrected chi connectivity index (χ3v) is 5.07. The maximum atomic E-state index is 11.9. The number of piperidine rings is 1. The first kappa shape index (κ1) is 18.0. The average molecular weight is 332 g/mol. The maximum absolute atomic E-state index is 11.9. The molecule has 0 unspecified atom stereocenters. The van der Waals surface area contributed by atoms with Gasteiger partial charge in [-0.1, -0.05) is 6.92 Å². The Bertz CT molecular complexity index is 445. The number of nitrogens with one attached hydrogen (secondary N) is 1. The smallest absolute Gasteiger partial charge is 0.422 e. The molecule has 1 fully saturated rings. The lowest BCUT2D eigenvalue weighted by Gasteiger charge is -2.31. The van der Waals surface area contributed by atoms with E-state index in [4.69, 9.17) is 0 Å². The highest BCUT2D eigenvalue weighted by atomic mass is 32.2. The van der Waals surface area contributed by atoms with Crippen LogP contribution >= 0.6 is 0 Å². The molecule has 0 aromatic carbocycles. The van der Waals surface area contributed by atoms with Gasteiger partial charge in [-0.3, -0.25) is 0 Å². The fraction of sp³-hybridized carbons (Fsp3) is 0.909. The Labute approximate surface area is 121 Å². The fourth-order valence-corrected chi connectivity index (χ4v) is 3.56. The van der Waals surface area contributed by atoms with Crippen LogP contribution in [0.1, 0.15) is 26.2 Å². The van der Waals surface area contributed by atoms with Crippen molar-refractivity contribution in [2.24, 2.45) is 0 Å². The monoisotopic (exact) mass is 332 g/mol. The number of alkyl halides is 3. The molecule has 1 rings (SSSR count). The molecule has 1 heterocycles. The van der Waals surface area contributed by atoms with E-state index in [0.717, 1.165) is 0 Å². The number of sulfonamides is 1. The summed E-state index contributed by atoms with van der Waals surface area (Å²) in [5.74, 6) is 0.0682. The van der Waals surface area contributed by atoms with Crippen LogP contribution < -0.4 is 5.32 Å². The van der Waals surface area contributed by atoms with Crippen LogP contribution in [0.15, 0.2) is 0 Å². The zero-order valence-corrected chi connectivity index (χ0v) is 12.5. The van der Waals surface area contributed by atoms with Crippen molar-refractivity contribution in [2.75, 3.05) is 25.4 Å². The van der Waals surface area contributed by atoms with Gasteiger partial charge >= 0.3 is 12.3 Å². The molecule has 124 valence electrons. The second kappa shape index (κ2) is 7.30. The van der Waals surface area contributed by atoms with Crippen molar-refractivity contribution in [3.05, 3.63) is 0 Å². The Balaban J connectivity index is 2.35. The first-order chi connectivity index (χ1) is 9.64. The van der Waals surface area contributed by atoms with E-state index in [0.29, 0.717) is 19.3 Å². The Kier molecular flexibility index (Phi) is 6.26. The highest BCUT2D eigenvalue weighted by Gasteiger charge is 2.31. The molecule has 0 radical (unpaired) electrons. The zero-order valence-electron chi connectivity index (χ0n) is 11.6. The van der Waals surface area contributed by atoms with E-state index in [9.17, 15) is 26.4 Å². The molecule has 0 bridgehead atoms. The fourth-order valence-electron chi connectivity index (χ4n) is 2.02. The van der Waals surface area contributed by atoms with Gasteiger partial charge < -0.3 is 10.1 Å². The average Bonchev–Trinajstić information content (AvgIpc) is 2.36. The first-order valence-electron chi connectivity index (χ1n) is 6.62. The van der Waals surface area contributed by atoms with Gasteiger partial charge in [-0.05, 0) is 19.3 Å². The standard InChI is InChI=1S/C11H19F3N2O4S/c1-2-7-21(18,19)16-5-3-9(4-6-16)15-10(17)20-8-11(12,13)14/h9H,2-8H2,1H3,(H,15,17). The van der Waals surface area contributed by atoms with Gasteiger partial charge in [0.15, 0.2) is 6.61 Å². The molecule has 6 nitrogen and oxygen atoms in total. The number of carbonyl (C=O) groups excluding carboxylic acids is 1. The van der Waals surface area contributed by atoms with Crippen molar-refractivity contribution in [3.63, 3.8) is 0 Å². The molecular formula is C11H19F3N2O4S. The molecule has 10 heteroatoms. The summed E-state index contributed by atoms with van der Waals surface area (Å²) in [6, 6.07) is -0.376. The van der Waals surface area contributed by atoms with E-state index in [1.807, 2.05) is 0 Å². The number of hydrogen-bond acceptors (Lipinski definition) is 4. The minimum Gasteiger partial charge on any atom is -0.440 e. The summed E-state index contributed by atoms with van der Waals surface area (Å²) < 4.78 is 64.6. The molecule has 0 aromatic rings. The Morgan fingerprint density at radius 3 is 2.38 bits per heavy atom. The summed E-state index contributed by atoms with van der Waals surface area (Å²) in [5.41, 5.74) is 0. The largest absolute Gasteiger partial charge is 0.440 e. The normalized spacial score (nSPS) is 18.5. The third-order valence-electron chi connectivity index (χ3n) is 3.00. The van der Waals surface area contributed by atoms with Crippen molar-refractivity contribution in [2.45, 2.75) is 38.4 Å². The minimum absolute atomic E-state index is 0.0682. The van der Waals surface area contributed by atoms with E-state index in [1.165, 1.54) is 4.31 Å². The number of nitrogens with zero attached hydrogens (tertiary/aromatic N) is 1. The molecule has 0 spiro atoms. The second-order valence-corrected chi connectivity index (χ2v) is 6.91. The molecule has 0 aliphatic carbocycles. The molecule has 21 heavy (non-hydrogen) atoms. The van der Waals surface area contributed by atoms with Crippen LogP contribution in [0.5, 0.6) is 0 Å². The summed E-state index contributed by atoms with van der Waals surface area (Å²) >= 11 is 0. The van der Waals surface area contributed by atoms with Crippen molar-refractivity contribution >= 4 is 16.1 Å². The van der Waals surface area contributed by atoms with Crippen LogP contribution in [0.2, 0.25) is 0 Å². The van der Waals surface area contributed by atoms with E-state index >= 15 is 0 Å². The lowest BCUT2D eigenvalue weighted by Crippen LogP contribution is -2.47. The van der Waals surface area contributed by atoms with E-state index < -0.39 is 28.9 Å². The molecule has 0 aromatic heterocycles. The molecule has 1 aliphatic rings. The van der Waals surface area contributed by atoms with Gasteiger partial charge in [0.25, 0.3) is 0 Å². The molecule has 1 N–H and O–H groups in total. The van der Waals surface area contributed by atoms with E-state index in [2.05, 4.69) is 10.1 Å². The van der Waals surface area contributed by atoms with Gasteiger partial charge in [-0.15, -0.1) is 0 Å². The summed E-state index contributed by atoms with van der Waals surface area (Å²) in [5, 5.41) is 2.31. The topological polar surface area (TPSA) is 75.7 Å². The quantitative estimate of drug-likeness (QED) is 0.827. The van der Waals surface area contributed by atoms with Crippen LogP contribution in [-0.2, 0) is 14.8 Å². The Morgan fingerprint density at radius 2 is 1.90 bits per heavy atom. The predicted octanol–water partition coefficient (Wildman–Crippen LogP) is 1.48. The van der Waals surface area contributed by atoms with Crippen LogP contribution in [0, 0.1) is 0 Å². The predicted molar refractivity (Wildman–Crippen MR) is 69.2 cm³/mol. The lowest BCUT2D eigenvalue weighted by atomic mass is 10.1. The highest BCUT2D eigenvalue weighted by Crippen LogP contribution is 2.16. The minimum atomic E-state index is -4.56. The summed E-state index contributed by atoms with van der Waals surface area (Å²) in [4.78, 5) is 11.2. The van der Waals surface area contributed by atoms with Gasteiger partial charge in [0.2, 0.25) is 10.0 Å². The van der Waals surface area contributed by atoms with E-state index in [1.54, 1.807) is 6.92 Å². The number of alkyl carbamates (subject to hydrolysis) is 1. The summed E-state index contributed by atoms with van der Waals surface area (Å²) in [7, 11) is -3.27. The Hall–Kier alpha value is -1.03. The molecule has 1 saturated heterocycles. The van der Waals surface area contributed by atoms with Crippen LogP contribution in [0.4, 0.5) is 18.0 Å². The van der Waals surface area contributed by atoms with Crippen molar-refractivity contribution < 1.29 is 31.1 Å². The van der Waals surface area contributed by atoms with Crippen molar-refractivity contribution in [1.82, 2.24) is 9.62 Å². The number of halogens is 3. The number of rotatable bonds is 5. The van der Waals surface area contributed by atoms with Gasteiger partial charge in [0, 0.05) is 19.1 Å². The number of hydrogen-bond donors (Lipinski definition) is 1. The van der Waals surface area contributed by atoms with Crippen LogP contribution in [-0.4, -0.2) is 56.5 Å². The van der Waals surface area contributed by atoms with Crippen molar-refractivity contribution in [1.29, 1.82) is 0 Å². The summed E-state index contributed by atoms with van der Waals surface area (Å²) in [6.45, 7) is 0.615. The van der Waals surface area contributed by atoms with Crippen LogP contribution in [0.3, 0.4) is 0 Å². The molecular weight excluding hydrogens is 313 g/mol. The Morgan fingerprint density at radius 1 is 1.33 bits per heavy atom. The van der Waals surface area contributed by atoms with Gasteiger partial charge in [-0.25, -0.2) is 17.5 Å². The highest BCUT2D eigenvalue weighted by molar-refractivity contribution is 7.89. The van der Waals surface area contributed by atoms with E-state index in [-0.39, 0.29) is 24.9 Å². The number of amides is 1. The van der Waals surface area contributed by atoms with Gasteiger partial charge in [0.05, 0.1) is 5.75 Å². The molecule has 0 atom stereocenters. The van der Waals surface area contributed by atoms with Gasteiger partial charge in [-0.2, -0.15) is 13.2 Å². The van der Waals surface area contributed by atoms with Crippen molar-refractivity contribution in [3.8, 4) is 0 Å². The lowest BCUT2D eigenvalue weighted by molar-refractivity contribution is -0.160. The molecule has 1 aliphatic heterocycles. The van der Waals surface area contributed by atoms with Gasteiger partial charge in [0.1, 0.15) is 0 Å². The first-order valence-corrected chi connectivity index (χ1v) is 8.23. The third kappa shape index (κ3) is 6.51. The zero-order chi connectivity index (χ0) is 16.1. The number of carbonyl (C=O) groups is 1. The summed E-state index contributed by atoms with van der Waals surface area (Å²) in [6.07, 6.45) is -4.48. The molecule has 1 amide bonds. The molecule has 0 saturated carbocycles.